The van der Waals surface area contributed by atoms with Gasteiger partial charge in [0, 0.05) is 36.2 Å². The number of sulfone groups is 1. The van der Waals surface area contributed by atoms with Gasteiger partial charge in [-0.05, 0) is 19.4 Å². The van der Waals surface area contributed by atoms with E-state index < -0.39 is 44.1 Å². The van der Waals surface area contributed by atoms with Gasteiger partial charge in [-0.2, -0.15) is 0 Å². The molecule has 0 spiro atoms. The second-order valence-corrected chi connectivity index (χ2v) is 8.69. The Morgan fingerprint density at radius 1 is 1.22 bits per heavy atom. The number of aryl methyl sites for hydroxylation is 1. The second-order valence-electron chi connectivity index (χ2n) is 6.24. The van der Waals surface area contributed by atoms with E-state index in [0.717, 1.165) is 36.1 Å². The van der Waals surface area contributed by atoms with Crippen molar-refractivity contribution in [3.05, 3.63) is 58.5 Å². The number of halogens is 2. The number of pyridine rings is 1. The molecule has 0 saturated heterocycles. The molecule has 0 fully saturated rings. The van der Waals surface area contributed by atoms with Crippen LogP contribution in [0.15, 0.2) is 41.3 Å². The highest BCUT2D eigenvalue weighted by Crippen LogP contribution is 2.25. The molecule has 0 aliphatic carbocycles. The van der Waals surface area contributed by atoms with Crippen molar-refractivity contribution in [1.29, 1.82) is 0 Å². The Balaban J connectivity index is 2.39. The number of nitrogens with one attached hydrogen (secondary N) is 1. The van der Waals surface area contributed by atoms with Gasteiger partial charge < -0.3 is 4.57 Å². The molecule has 7 nitrogen and oxygen atoms in total. The molecule has 0 saturated carbocycles. The van der Waals surface area contributed by atoms with E-state index in [1.165, 1.54) is 23.7 Å². The zero-order valence-electron chi connectivity index (χ0n) is 14.6. The van der Waals surface area contributed by atoms with Crippen molar-refractivity contribution < 1.29 is 27.2 Å². The van der Waals surface area contributed by atoms with Crippen LogP contribution in [0.2, 0.25) is 0 Å². The SMILES string of the molecule is CC(CCn1cc(F)c(-c2ccccc2F)cc1=O)(C(=O)NO)S(C)(=O)=O. The zero-order chi connectivity index (χ0) is 20.4. The summed E-state index contributed by atoms with van der Waals surface area (Å²) in [6.45, 7) is 0.771. The standard InChI is InChI=1S/C17H18F2N2O5S/c1-17(16(23)20-24,27(2,25)26)7-8-21-10-14(19)12(9-15(21)22)11-5-3-4-6-13(11)18/h3-6,9-10,24H,7-8H2,1-2H3,(H,20,23). The predicted octanol–water partition coefficient (Wildman–Crippen LogP) is 1.49. The van der Waals surface area contributed by atoms with E-state index in [1.807, 2.05) is 0 Å². The van der Waals surface area contributed by atoms with Crippen LogP contribution >= 0.6 is 0 Å². The van der Waals surface area contributed by atoms with E-state index >= 15 is 0 Å². The van der Waals surface area contributed by atoms with Crippen LogP contribution < -0.4 is 11.0 Å². The number of benzene rings is 1. The van der Waals surface area contributed by atoms with Crippen LogP contribution in [0, 0.1) is 11.6 Å². The minimum atomic E-state index is -3.96. The molecular formula is C17H18F2N2O5S. The van der Waals surface area contributed by atoms with Gasteiger partial charge in [0.2, 0.25) is 0 Å². The quantitative estimate of drug-likeness (QED) is 0.565. The first-order valence-corrected chi connectivity index (χ1v) is 9.69. The van der Waals surface area contributed by atoms with Gasteiger partial charge in [0.1, 0.15) is 11.6 Å². The van der Waals surface area contributed by atoms with Crippen molar-refractivity contribution in [3.63, 3.8) is 0 Å². The summed E-state index contributed by atoms with van der Waals surface area (Å²) in [6.07, 6.45) is 1.24. The zero-order valence-corrected chi connectivity index (χ0v) is 15.4. The van der Waals surface area contributed by atoms with Crippen molar-refractivity contribution in [1.82, 2.24) is 10.0 Å². The first kappa shape index (κ1) is 20.7. The number of carbonyl (C=O) groups is 1. The summed E-state index contributed by atoms with van der Waals surface area (Å²) in [4.78, 5) is 24.0. The van der Waals surface area contributed by atoms with Crippen molar-refractivity contribution in [2.24, 2.45) is 0 Å². The molecule has 10 heteroatoms. The van der Waals surface area contributed by atoms with Gasteiger partial charge in [-0.1, -0.05) is 18.2 Å². The lowest BCUT2D eigenvalue weighted by atomic mass is 10.0. The summed E-state index contributed by atoms with van der Waals surface area (Å²) in [5.74, 6) is -2.74. The van der Waals surface area contributed by atoms with Gasteiger partial charge in [0.25, 0.3) is 11.5 Å². The Hall–Kier alpha value is -2.59. The minimum absolute atomic E-state index is 0.0834. The Morgan fingerprint density at radius 2 is 1.85 bits per heavy atom. The van der Waals surface area contributed by atoms with E-state index in [-0.39, 0.29) is 17.7 Å². The Kier molecular flexibility index (Phi) is 5.81. The van der Waals surface area contributed by atoms with Crippen LogP contribution in [0.1, 0.15) is 13.3 Å². The number of hydrogen-bond acceptors (Lipinski definition) is 5. The second kappa shape index (κ2) is 7.57. The fourth-order valence-corrected chi connectivity index (χ4v) is 3.37. The molecule has 1 aromatic carbocycles. The monoisotopic (exact) mass is 400 g/mol. The molecular weight excluding hydrogens is 382 g/mol. The van der Waals surface area contributed by atoms with Gasteiger partial charge >= 0.3 is 0 Å². The molecule has 0 aliphatic heterocycles. The molecule has 1 unspecified atom stereocenters. The lowest BCUT2D eigenvalue weighted by Crippen LogP contribution is -2.50. The van der Waals surface area contributed by atoms with E-state index in [0.29, 0.717) is 0 Å². The topological polar surface area (TPSA) is 105 Å². The molecule has 0 radical (unpaired) electrons. The third-order valence-electron chi connectivity index (χ3n) is 4.47. The van der Waals surface area contributed by atoms with Crippen LogP contribution in [-0.4, -0.2) is 35.1 Å². The van der Waals surface area contributed by atoms with E-state index in [9.17, 15) is 26.8 Å². The molecule has 0 aliphatic rings. The van der Waals surface area contributed by atoms with Gasteiger partial charge in [-0.25, -0.2) is 22.7 Å². The molecule has 1 aromatic heterocycles. The number of hydroxylamine groups is 1. The lowest BCUT2D eigenvalue weighted by molar-refractivity contribution is -0.131. The van der Waals surface area contributed by atoms with E-state index in [2.05, 4.69) is 0 Å². The number of nitrogens with zero attached hydrogens (tertiary/aromatic N) is 1. The summed E-state index contributed by atoms with van der Waals surface area (Å²) < 4.78 is 51.0. The maximum Gasteiger partial charge on any atom is 0.264 e. The summed E-state index contributed by atoms with van der Waals surface area (Å²) >= 11 is 0. The van der Waals surface area contributed by atoms with Crippen LogP contribution in [0.5, 0.6) is 0 Å². The molecule has 1 amide bonds. The highest BCUT2D eigenvalue weighted by molar-refractivity contribution is 7.92. The normalized spacial score (nSPS) is 13.8. The first-order valence-electron chi connectivity index (χ1n) is 7.80. The minimum Gasteiger partial charge on any atom is -0.312 e. The Labute approximate surface area is 154 Å². The van der Waals surface area contributed by atoms with E-state index in [1.54, 1.807) is 0 Å². The summed E-state index contributed by atoms with van der Waals surface area (Å²) in [7, 11) is -3.96. The van der Waals surface area contributed by atoms with E-state index in [4.69, 9.17) is 5.21 Å². The average Bonchev–Trinajstić information content (AvgIpc) is 2.60. The third kappa shape index (κ3) is 4.06. The highest BCUT2D eigenvalue weighted by atomic mass is 32.2. The molecule has 2 rings (SSSR count). The van der Waals surface area contributed by atoms with Crippen LogP contribution in [0.4, 0.5) is 8.78 Å². The maximum absolute atomic E-state index is 14.4. The summed E-state index contributed by atoms with van der Waals surface area (Å²) in [5.41, 5.74) is 0.279. The van der Waals surface area contributed by atoms with Crippen molar-refractivity contribution in [3.8, 4) is 11.1 Å². The maximum atomic E-state index is 14.4. The number of amides is 1. The van der Waals surface area contributed by atoms with Gasteiger partial charge in [-0.15, -0.1) is 0 Å². The van der Waals surface area contributed by atoms with Crippen LogP contribution in [-0.2, 0) is 21.2 Å². The lowest BCUT2D eigenvalue weighted by Gasteiger charge is -2.25. The van der Waals surface area contributed by atoms with Crippen LogP contribution in [0.3, 0.4) is 0 Å². The van der Waals surface area contributed by atoms with Crippen LogP contribution in [0.25, 0.3) is 11.1 Å². The van der Waals surface area contributed by atoms with Gasteiger partial charge in [0.05, 0.1) is 0 Å². The van der Waals surface area contributed by atoms with Crippen molar-refractivity contribution in [2.75, 3.05) is 6.26 Å². The smallest absolute Gasteiger partial charge is 0.264 e. The molecule has 1 heterocycles. The largest absolute Gasteiger partial charge is 0.312 e. The molecule has 1 atom stereocenters. The fourth-order valence-electron chi connectivity index (χ4n) is 2.53. The number of rotatable bonds is 6. The molecule has 2 N–H and O–H groups in total. The average molecular weight is 400 g/mol. The summed E-state index contributed by atoms with van der Waals surface area (Å²) in [6, 6.07) is 6.28. The summed E-state index contributed by atoms with van der Waals surface area (Å²) in [5, 5.41) is 8.79. The molecule has 146 valence electrons. The number of carbonyl (C=O) groups excluding carboxylic acids is 1. The number of hydrogen-bond donors (Lipinski definition) is 2. The molecule has 0 bridgehead atoms. The first-order chi connectivity index (χ1) is 12.5. The Bertz CT molecular complexity index is 1040. The number of aromatic nitrogens is 1. The van der Waals surface area contributed by atoms with Crippen molar-refractivity contribution in [2.45, 2.75) is 24.6 Å². The van der Waals surface area contributed by atoms with Gasteiger partial charge in [-0.3, -0.25) is 14.8 Å². The predicted molar refractivity (Wildman–Crippen MR) is 93.8 cm³/mol. The Morgan fingerprint density at radius 3 is 2.41 bits per heavy atom. The molecule has 27 heavy (non-hydrogen) atoms. The molecule has 2 aromatic rings. The van der Waals surface area contributed by atoms with Gasteiger partial charge in [0.15, 0.2) is 14.6 Å². The van der Waals surface area contributed by atoms with Crippen molar-refractivity contribution >= 4 is 15.7 Å². The fraction of sp³-hybridized carbons (Fsp3) is 0.294. The third-order valence-corrected chi connectivity index (χ3v) is 6.50. The highest BCUT2D eigenvalue weighted by Gasteiger charge is 2.43.